The molecule has 1 heterocycles. The first-order valence-corrected chi connectivity index (χ1v) is 5.22. The molecule has 0 aromatic heterocycles. The maximum absolute atomic E-state index is 12.8. The molecule has 0 aromatic carbocycles. The largest absolute Gasteiger partial charge is 0.405 e. The van der Waals surface area contributed by atoms with Gasteiger partial charge in [-0.1, -0.05) is 0 Å². The Labute approximate surface area is 93.0 Å². The Balaban J connectivity index is 2.94. The van der Waals surface area contributed by atoms with Gasteiger partial charge in [-0.15, -0.1) is 0 Å². The normalized spacial score (nSPS) is 25.1. The Hall–Kier alpha value is -0.780. The molecule has 1 rings (SSSR count). The molecule has 6 heteroatoms. The first kappa shape index (κ1) is 13.3. The SMILES string of the molecule is CC(C)(C)N1CCC(=O)NCC1C(F)(F)F. The van der Waals surface area contributed by atoms with E-state index in [4.69, 9.17) is 0 Å². The van der Waals surface area contributed by atoms with Gasteiger partial charge >= 0.3 is 6.18 Å². The average Bonchev–Trinajstić information content (AvgIpc) is 2.23. The molecule has 16 heavy (non-hydrogen) atoms. The van der Waals surface area contributed by atoms with Gasteiger partial charge in [0.15, 0.2) is 0 Å². The zero-order valence-corrected chi connectivity index (χ0v) is 9.69. The van der Waals surface area contributed by atoms with E-state index in [0.717, 1.165) is 0 Å². The molecule has 0 bridgehead atoms. The molecule has 1 amide bonds. The summed E-state index contributed by atoms with van der Waals surface area (Å²) in [6.07, 6.45) is -4.20. The Morgan fingerprint density at radius 2 is 1.88 bits per heavy atom. The molecule has 0 aromatic rings. The second kappa shape index (κ2) is 4.24. The molecule has 0 saturated carbocycles. The van der Waals surface area contributed by atoms with Crippen molar-refractivity contribution in [3.05, 3.63) is 0 Å². The molecule has 1 saturated heterocycles. The number of carbonyl (C=O) groups is 1. The van der Waals surface area contributed by atoms with E-state index in [-0.39, 0.29) is 25.4 Å². The van der Waals surface area contributed by atoms with Crippen LogP contribution in [0.4, 0.5) is 13.2 Å². The zero-order chi connectivity index (χ0) is 12.6. The average molecular weight is 238 g/mol. The van der Waals surface area contributed by atoms with Crippen LogP contribution in [0.2, 0.25) is 0 Å². The highest BCUT2D eigenvalue weighted by molar-refractivity contribution is 5.76. The Morgan fingerprint density at radius 3 is 2.31 bits per heavy atom. The van der Waals surface area contributed by atoms with Crippen molar-refractivity contribution in [3.8, 4) is 0 Å². The van der Waals surface area contributed by atoms with Crippen LogP contribution in [0.5, 0.6) is 0 Å². The summed E-state index contributed by atoms with van der Waals surface area (Å²) in [7, 11) is 0. The molecule has 1 atom stereocenters. The number of hydrogen-bond acceptors (Lipinski definition) is 2. The van der Waals surface area contributed by atoms with Crippen LogP contribution >= 0.6 is 0 Å². The van der Waals surface area contributed by atoms with Crippen molar-refractivity contribution in [1.29, 1.82) is 0 Å². The fraction of sp³-hybridized carbons (Fsp3) is 0.900. The van der Waals surface area contributed by atoms with E-state index in [0.29, 0.717) is 0 Å². The van der Waals surface area contributed by atoms with Gasteiger partial charge in [0.1, 0.15) is 6.04 Å². The molecule has 0 spiro atoms. The van der Waals surface area contributed by atoms with Gasteiger partial charge < -0.3 is 5.32 Å². The van der Waals surface area contributed by atoms with Gasteiger partial charge in [0, 0.05) is 25.0 Å². The molecule has 1 fully saturated rings. The topological polar surface area (TPSA) is 32.3 Å². The van der Waals surface area contributed by atoms with Crippen LogP contribution in [0.3, 0.4) is 0 Å². The van der Waals surface area contributed by atoms with E-state index >= 15 is 0 Å². The van der Waals surface area contributed by atoms with Crippen LogP contribution in [-0.4, -0.2) is 41.7 Å². The molecule has 0 radical (unpaired) electrons. The van der Waals surface area contributed by atoms with Crippen LogP contribution < -0.4 is 5.32 Å². The number of nitrogens with zero attached hydrogens (tertiary/aromatic N) is 1. The van der Waals surface area contributed by atoms with Crippen LogP contribution in [0.25, 0.3) is 0 Å². The minimum Gasteiger partial charge on any atom is -0.354 e. The minimum absolute atomic E-state index is 0.115. The van der Waals surface area contributed by atoms with Crippen molar-refractivity contribution >= 4 is 5.91 Å². The molecular weight excluding hydrogens is 221 g/mol. The lowest BCUT2D eigenvalue weighted by Crippen LogP contribution is -2.56. The highest BCUT2D eigenvalue weighted by Gasteiger charge is 2.47. The van der Waals surface area contributed by atoms with Gasteiger partial charge in [0.25, 0.3) is 0 Å². The maximum atomic E-state index is 12.8. The lowest BCUT2D eigenvalue weighted by molar-refractivity contribution is -0.192. The Bertz CT molecular complexity index is 244. The van der Waals surface area contributed by atoms with Gasteiger partial charge in [0.2, 0.25) is 5.91 Å². The predicted molar refractivity (Wildman–Crippen MR) is 53.9 cm³/mol. The van der Waals surface area contributed by atoms with Crippen molar-refractivity contribution in [3.63, 3.8) is 0 Å². The third-order valence-electron chi connectivity index (χ3n) is 2.69. The summed E-state index contributed by atoms with van der Waals surface area (Å²) < 4.78 is 38.5. The first-order chi connectivity index (χ1) is 7.12. The van der Waals surface area contributed by atoms with E-state index in [9.17, 15) is 18.0 Å². The van der Waals surface area contributed by atoms with Crippen molar-refractivity contribution in [2.24, 2.45) is 0 Å². The van der Waals surface area contributed by atoms with Crippen molar-refractivity contribution in [1.82, 2.24) is 10.2 Å². The van der Waals surface area contributed by atoms with E-state index in [1.807, 2.05) is 0 Å². The number of nitrogens with one attached hydrogen (secondary N) is 1. The zero-order valence-electron chi connectivity index (χ0n) is 9.69. The fourth-order valence-corrected chi connectivity index (χ4v) is 1.88. The number of halogens is 3. The Kier molecular flexibility index (Phi) is 3.52. The smallest absolute Gasteiger partial charge is 0.354 e. The summed E-state index contributed by atoms with van der Waals surface area (Å²) in [5.41, 5.74) is -0.605. The molecule has 1 aliphatic heterocycles. The summed E-state index contributed by atoms with van der Waals surface area (Å²) in [6, 6.07) is -1.60. The van der Waals surface area contributed by atoms with Gasteiger partial charge in [-0.2, -0.15) is 13.2 Å². The van der Waals surface area contributed by atoms with Crippen molar-refractivity contribution < 1.29 is 18.0 Å². The van der Waals surface area contributed by atoms with Gasteiger partial charge in [-0.3, -0.25) is 9.69 Å². The van der Waals surface area contributed by atoms with Crippen LogP contribution in [-0.2, 0) is 4.79 Å². The van der Waals surface area contributed by atoms with E-state index in [1.54, 1.807) is 20.8 Å². The Morgan fingerprint density at radius 1 is 1.31 bits per heavy atom. The van der Waals surface area contributed by atoms with Gasteiger partial charge in [-0.05, 0) is 20.8 Å². The molecule has 3 nitrogen and oxygen atoms in total. The molecule has 0 aliphatic carbocycles. The summed E-state index contributed by atoms with van der Waals surface area (Å²) in [4.78, 5) is 12.5. The standard InChI is InChI=1S/C10H17F3N2O/c1-9(2,3)15-5-4-8(16)14-6-7(15)10(11,12)13/h7H,4-6H2,1-3H3,(H,14,16). The van der Waals surface area contributed by atoms with E-state index in [1.165, 1.54) is 4.90 Å². The highest BCUT2D eigenvalue weighted by atomic mass is 19.4. The van der Waals surface area contributed by atoms with Crippen LogP contribution in [0.15, 0.2) is 0 Å². The number of rotatable bonds is 0. The predicted octanol–water partition coefficient (Wildman–Crippen LogP) is 1.54. The molecule has 1 unspecified atom stereocenters. The molecule has 94 valence electrons. The molecular formula is C10H17F3N2O. The quantitative estimate of drug-likeness (QED) is 0.694. The highest BCUT2D eigenvalue weighted by Crippen LogP contribution is 2.30. The lowest BCUT2D eigenvalue weighted by Gasteiger charge is -2.40. The summed E-state index contributed by atoms with van der Waals surface area (Å²) >= 11 is 0. The van der Waals surface area contributed by atoms with Crippen molar-refractivity contribution in [2.75, 3.05) is 13.1 Å². The molecule has 1 aliphatic rings. The van der Waals surface area contributed by atoms with Gasteiger partial charge in [-0.25, -0.2) is 0 Å². The van der Waals surface area contributed by atoms with Crippen LogP contribution in [0, 0.1) is 0 Å². The second-order valence-electron chi connectivity index (χ2n) is 4.98. The summed E-state index contributed by atoms with van der Waals surface area (Å²) in [5.74, 6) is -0.319. The number of amides is 1. The number of carbonyl (C=O) groups excluding carboxylic acids is 1. The van der Waals surface area contributed by atoms with E-state index < -0.39 is 17.8 Å². The second-order valence-corrected chi connectivity index (χ2v) is 4.98. The van der Waals surface area contributed by atoms with E-state index in [2.05, 4.69) is 5.32 Å². The minimum atomic E-state index is -4.31. The summed E-state index contributed by atoms with van der Waals surface area (Å²) in [6.45, 7) is 4.95. The number of alkyl halides is 3. The third kappa shape index (κ3) is 3.10. The van der Waals surface area contributed by atoms with Gasteiger partial charge in [0.05, 0.1) is 0 Å². The maximum Gasteiger partial charge on any atom is 0.405 e. The van der Waals surface area contributed by atoms with Crippen LogP contribution in [0.1, 0.15) is 27.2 Å². The van der Waals surface area contributed by atoms with Crippen molar-refractivity contribution in [2.45, 2.75) is 44.9 Å². The third-order valence-corrected chi connectivity index (χ3v) is 2.69. The lowest BCUT2D eigenvalue weighted by atomic mass is 10.0. The molecule has 1 N–H and O–H groups in total. The number of hydrogen-bond donors (Lipinski definition) is 1. The first-order valence-electron chi connectivity index (χ1n) is 5.22. The summed E-state index contributed by atoms with van der Waals surface area (Å²) in [5, 5.41) is 2.30. The monoisotopic (exact) mass is 238 g/mol. The fourth-order valence-electron chi connectivity index (χ4n) is 1.88.